The lowest BCUT2D eigenvalue weighted by Crippen LogP contribution is -2.50. The van der Waals surface area contributed by atoms with Crippen molar-refractivity contribution in [3.8, 4) is 0 Å². The largest absolute Gasteiger partial charge is 0.388 e. The van der Waals surface area contributed by atoms with E-state index in [-0.39, 0.29) is 5.91 Å². The Morgan fingerprint density at radius 3 is 2.60 bits per heavy atom. The molecule has 1 heterocycles. The van der Waals surface area contributed by atoms with E-state index in [2.05, 4.69) is 12.2 Å². The van der Waals surface area contributed by atoms with Gasteiger partial charge in [-0.25, -0.2) is 0 Å². The quantitative estimate of drug-likeness (QED) is 0.822. The number of nitrogens with one attached hydrogen (secondary N) is 1. The van der Waals surface area contributed by atoms with Crippen molar-refractivity contribution in [3.05, 3.63) is 0 Å². The van der Waals surface area contributed by atoms with E-state index in [4.69, 9.17) is 4.99 Å². The van der Waals surface area contributed by atoms with Gasteiger partial charge in [-0.2, -0.15) is 0 Å². The van der Waals surface area contributed by atoms with Crippen LogP contribution in [0.25, 0.3) is 0 Å². The number of nitrogens with zero attached hydrogens (tertiary/aromatic N) is 1. The van der Waals surface area contributed by atoms with Crippen molar-refractivity contribution < 1.29 is 9.90 Å². The molecule has 2 bridgehead atoms. The molecule has 4 nitrogen and oxygen atoms in total. The zero-order valence-corrected chi connectivity index (χ0v) is 13.5. The highest BCUT2D eigenvalue weighted by Crippen LogP contribution is 2.55. The molecule has 5 heteroatoms. The summed E-state index contributed by atoms with van der Waals surface area (Å²) in [4.78, 5) is 17.0. The lowest BCUT2D eigenvalue weighted by molar-refractivity contribution is -0.126. The molecule has 2 saturated carbocycles. The van der Waals surface area contributed by atoms with Crippen molar-refractivity contribution in [2.24, 2.45) is 16.3 Å². The number of hydrogen-bond acceptors (Lipinski definition) is 4. The van der Waals surface area contributed by atoms with Gasteiger partial charge in [0.15, 0.2) is 5.17 Å². The topological polar surface area (TPSA) is 61.7 Å². The SMILES string of the molecule is CC(C)(O)C1(C)SC(=N[C@H]2C[C@@H]3CC[C@@]2(C)C3)NC1=O. The van der Waals surface area contributed by atoms with Crippen molar-refractivity contribution in [3.63, 3.8) is 0 Å². The van der Waals surface area contributed by atoms with Crippen molar-refractivity contribution in [2.75, 3.05) is 0 Å². The number of fused-ring (bicyclic) bond motifs is 2. The molecule has 0 spiro atoms. The van der Waals surface area contributed by atoms with Crippen LogP contribution in [0.2, 0.25) is 0 Å². The lowest BCUT2D eigenvalue weighted by atomic mass is 9.82. The van der Waals surface area contributed by atoms with Crippen LogP contribution in [0.1, 0.15) is 53.4 Å². The maximum Gasteiger partial charge on any atom is 0.245 e. The first kappa shape index (κ1) is 14.4. The summed E-state index contributed by atoms with van der Waals surface area (Å²) in [6.07, 6.45) is 5.00. The maximum atomic E-state index is 12.2. The molecule has 0 aromatic carbocycles. The fraction of sp³-hybridized carbons (Fsp3) is 0.867. The molecule has 20 heavy (non-hydrogen) atoms. The summed E-state index contributed by atoms with van der Waals surface area (Å²) in [7, 11) is 0. The molecule has 2 aliphatic carbocycles. The Labute approximate surface area is 124 Å². The van der Waals surface area contributed by atoms with E-state index in [1.807, 2.05) is 0 Å². The number of amidine groups is 1. The van der Waals surface area contributed by atoms with E-state index < -0.39 is 10.3 Å². The molecule has 3 aliphatic rings. The fourth-order valence-corrected chi connectivity index (χ4v) is 4.90. The number of amides is 1. The minimum atomic E-state index is -1.07. The van der Waals surface area contributed by atoms with Crippen molar-refractivity contribution in [2.45, 2.75) is 69.8 Å². The third kappa shape index (κ3) is 2.01. The second-order valence-electron chi connectivity index (χ2n) is 7.60. The van der Waals surface area contributed by atoms with Gasteiger partial charge >= 0.3 is 0 Å². The standard InChI is InChI=1S/C15H24N2O2S/c1-13(2,19)15(4)11(18)17-12(20-15)16-10-7-9-5-6-14(10,3)8-9/h9-10,19H,5-8H2,1-4H3,(H,16,17,18)/t9-,10-,14-,15?/m0/s1. The molecule has 1 saturated heterocycles. The van der Waals surface area contributed by atoms with Gasteiger partial charge in [0.2, 0.25) is 5.91 Å². The molecule has 1 aliphatic heterocycles. The number of thioether (sulfide) groups is 1. The van der Waals surface area contributed by atoms with Gasteiger partial charge in [-0.05, 0) is 57.8 Å². The first-order valence-electron chi connectivity index (χ1n) is 7.45. The molecule has 1 amide bonds. The van der Waals surface area contributed by atoms with Gasteiger partial charge in [-0.1, -0.05) is 18.7 Å². The van der Waals surface area contributed by atoms with Gasteiger partial charge in [0.25, 0.3) is 0 Å². The van der Waals surface area contributed by atoms with Gasteiger partial charge in [0, 0.05) is 0 Å². The third-order valence-electron chi connectivity index (χ3n) is 5.63. The van der Waals surface area contributed by atoms with Crippen LogP contribution >= 0.6 is 11.8 Å². The number of aliphatic imine (C=N–C) groups is 1. The Morgan fingerprint density at radius 1 is 1.45 bits per heavy atom. The highest BCUT2D eigenvalue weighted by atomic mass is 32.2. The minimum Gasteiger partial charge on any atom is -0.388 e. The maximum absolute atomic E-state index is 12.2. The number of rotatable bonds is 2. The molecule has 1 unspecified atom stereocenters. The molecular weight excluding hydrogens is 272 g/mol. The zero-order chi connectivity index (χ0) is 14.8. The molecule has 4 atom stereocenters. The van der Waals surface area contributed by atoms with Gasteiger partial charge in [-0.15, -0.1) is 0 Å². The molecule has 0 radical (unpaired) electrons. The van der Waals surface area contributed by atoms with Crippen LogP contribution in [0.3, 0.4) is 0 Å². The fourth-order valence-electron chi connectivity index (χ4n) is 3.79. The van der Waals surface area contributed by atoms with Crippen LogP contribution in [-0.4, -0.2) is 32.6 Å². The average Bonchev–Trinajstić information content (AvgIpc) is 2.90. The first-order valence-corrected chi connectivity index (χ1v) is 8.26. The Morgan fingerprint density at radius 2 is 2.15 bits per heavy atom. The van der Waals surface area contributed by atoms with Gasteiger partial charge < -0.3 is 10.4 Å². The van der Waals surface area contributed by atoms with Gasteiger partial charge in [0.05, 0.1) is 11.6 Å². The lowest BCUT2D eigenvalue weighted by Gasteiger charge is -2.32. The van der Waals surface area contributed by atoms with E-state index in [0.717, 1.165) is 12.3 Å². The van der Waals surface area contributed by atoms with E-state index in [1.54, 1.807) is 20.8 Å². The Kier molecular flexibility index (Phi) is 3.04. The summed E-state index contributed by atoms with van der Waals surface area (Å²) in [6.45, 7) is 7.48. The molecular formula is C15H24N2O2S. The number of hydrogen-bond donors (Lipinski definition) is 2. The summed E-state index contributed by atoms with van der Waals surface area (Å²) >= 11 is 1.38. The molecule has 0 aromatic rings. The van der Waals surface area contributed by atoms with Crippen LogP contribution in [0, 0.1) is 11.3 Å². The average molecular weight is 296 g/mol. The zero-order valence-electron chi connectivity index (χ0n) is 12.7. The first-order chi connectivity index (χ1) is 9.14. The minimum absolute atomic E-state index is 0.137. The van der Waals surface area contributed by atoms with E-state index in [0.29, 0.717) is 16.6 Å². The van der Waals surface area contributed by atoms with Crippen molar-refractivity contribution in [1.29, 1.82) is 0 Å². The van der Waals surface area contributed by atoms with Crippen LogP contribution in [0.4, 0.5) is 0 Å². The summed E-state index contributed by atoms with van der Waals surface area (Å²) in [5.41, 5.74) is -0.756. The van der Waals surface area contributed by atoms with Crippen LogP contribution in [0.15, 0.2) is 4.99 Å². The Bertz CT molecular complexity index is 485. The number of carbonyl (C=O) groups is 1. The molecule has 2 N–H and O–H groups in total. The van der Waals surface area contributed by atoms with Gasteiger partial charge in [-0.3, -0.25) is 9.79 Å². The van der Waals surface area contributed by atoms with Crippen molar-refractivity contribution in [1.82, 2.24) is 5.32 Å². The molecule has 3 rings (SSSR count). The van der Waals surface area contributed by atoms with Crippen LogP contribution in [0.5, 0.6) is 0 Å². The molecule has 112 valence electrons. The van der Waals surface area contributed by atoms with Gasteiger partial charge in [0.1, 0.15) is 4.75 Å². The Balaban J connectivity index is 1.81. The Hall–Kier alpha value is -0.550. The van der Waals surface area contributed by atoms with E-state index >= 15 is 0 Å². The summed E-state index contributed by atoms with van der Waals surface area (Å²) in [6, 6.07) is 0.327. The molecule has 3 fully saturated rings. The van der Waals surface area contributed by atoms with Crippen molar-refractivity contribution >= 4 is 22.8 Å². The van der Waals surface area contributed by atoms with Crippen LogP contribution < -0.4 is 5.32 Å². The normalized spacial score (nSPS) is 46.2. The highest BCUT2D eigenvalue weighted by Gasteiger charge is 2.54. The smallest absolute Gasteiger partial charge is 0.245 e. The monoisotopic (exact) mass is 296 g/mol. The predicted octanol–water partition coefficient (Wildman–Crippen LogP) is 2.31. The summed E-state index contributed by atoms with van der Waals surface area (Å²) in [5.74, 6) is 0.680. The second-order valence-corrected chi connectivity index (χ2v) is 9.00. The van der Waals surface area contributed by atoms with E-state index in [1.165, 1.54) is 31.0 Å². The summed E-state index contributed by atoms with van der Waals surface area (Å²) in [5, 5.41) is 13.8. The second kappa shape index (κ2) is 4.23. The number of aliphatic hydroxyl groups is 1. The van der Waals surface area contributed by atoms with Crippen LogP contribution in [-0.2, 0) is 4.79 Å². The van der Waals surface area contributed by atoms with E-state index in [9.17, 15) is 9.90 Å². The predicted molar refractivity (Wildman–Crippen MR) is 81.7 cm³/mol. The highest BCUT2D eigenvalue weighted by molar-refractivity contribution is 8.16. The third-order valence-corrected chi connectivity index (χ3v) is 7.13. The summed E-state index contributed by atoms with van der Waals surface area (Å²) < 4.78 is -0.857. The number of carbonyl (C=O) groups excluding carboxylic acids is 1. The molecule has 0 aromatic heterocycles.